The van der Waals surface area contributed by atoms with E-state index in [0.29, 0.717) is 0 Å². The molecule has 5 nitrogen and oxygen atoms in total. The highest BCUT2D eigenvalue weighted by atomic mass is 16.1. The third-order valence-corrected chi connectivity index (χ3v) is 3.36. The zero-order valence-corrected chi connectivity index (χ0v) is 10.7. The molecule has 1 aliphatic rings. The van der Waals surface area contributed by atoms with Crippen molar-refractivity contribution in [2.24, 2.45) is 0 Å². The SMILES string of the molecule is Cc1cc(=O)[nH]c(C(C)(C)N2CCNCC2)n1. The molecule has 17 heavy (non-hydrogen) atoms. The van der Waals surface area contributed by atoms with Gasteiger partial charge in [-0.1, -0.05) is 0 Å². The van der Waals surface area contributed by atoms with Crippen molar-refractivity contribution in [3.05, 3.63) is 27.9 Å². The first-order valence-electron chi connectivity index (χ1n) is 6.04. The Morgan fingerprint density at radius 3 is 2.59 bits per heavy atom. The normalized spacial score (nSPS) is 18.3. The van der Waals surface area contributed by atoms with Crippen LogP contribution in [0.15, 0.2) is 10.9 Å². The minimum absolute atomic E-state index is 0.0734. The summed E-state index contributed by atoms with van der Waals surface area (Å²) in [5.41, 5.74) is 0.468. The zero-order valence-electron chi connectivity index (χ0n) is 10.7. The molecule has 0 aliphatic carbocycles. The van der Waals surface area contributed by atoms with Gasteiger partial charge in [0.2, 0.25) is 0 Å². The molecule has 1 saturated heterocycles. The number of hydrogen-bond donors (Lipinski definition) is 2. The summed E-state index contributed by atoms with van der Waals surface area (Å²) < 4.78 is 0. The number of aryl methyl sites for hydroxylation is 1. The van der Waals surface area contributed by atoms with Gasteiger partial charge in [-0.15, -0.1) is 0 Å². The molecular weight excluding hydrogens is 216 g/mol. The fourth-order valence-corrected chi connectivity index (χ4v) is 2.24. The number of nitrogens with one attached hydrogen (secondary N) is 2. The molecule has 2 rings (SSSR count). The van der Waals surface area contributed by atoms with Crippen molar-refractivity contribution in [3.63, 3.8) is 0 Å². The van der Waals surface area contributed by atoms with Crippen molar-refractivity contribution in [2.45, 2.75) is 26.3 Å². The Hall–Kier alpha value is -1.20. The highest BCUT2D eigenvalue weighted by Gasteiger charge is 2.31. The molecular formula is C12H20N4O. The second kappa shape index (κ2) is 4.58. The van der Waals surface area contributed by atoms with Crippen LogP contribution in [-0.4, -0.2) is 41.0 Å². The lowest BCUT2D eigenvalue weighted by molar-refractivity contribution is 0.0944. The molecule has 0 radical (unpaired) electrons. The monoisotopic (exact) mass is 236 g/mol. The highest BCUT2D eigenvalue weighted by molar-refractivity contribution is 5.08. The van der Waals surface area contributed by atoms with E-state index in [2.05, 4.69) is 34.0 Å². The minimum Gasteiger partial charge on any atom is -0.314 e. The van der Waals surface area contributed by atoms with Crippen LogP contribution in [0.3, 0.4) is 0 Å². The van der Waals surface area contributed by atoms with Crippen molar-refractivity contribution < 1.29 is 0 Å². The van der Waals surface area contributed by atoms with Gasteiger partial charge >= 0.3 is 0 Å². The van der Waals surface area contributed by atoms with Crippen LogP contribution in [0.25, 0.3) is 0 Å². The van der Waals surface area contributed by atoms with E-state index in [9.17, 15) is 4.79 Å². The molecule has 0 atom stereocenters. The topological polar surface area (TPSA) is 61.0 Å². The Bertz CT molecular complexity index is 446. The van der Waals surface area contributed by atoms with E-state index in [-0.39, 0.29) is 11.1 Å². The van der Waals surface area contributed by atoms with E-state index in [1.165, 1.54) is 6.07 Å². The van der Waals surface area contributed by atoms with Gasteiger partial charge in [0.1, 0.15) is 5.82 Å². The third-order valence-electron chi connectivity index (χ3n) is 3.36. The maximum absolute atomic E-state index is 11.5. The highest BCUT2D eigenvalue weighted by Crippen LogP contribution is 2.24. The van der Waals surface area contributed by atoms with Crippen LogP contribution in [0.1, 0.15) is 25.4 Å². The molecule has 1 aromatic heterocycles. The molecule has 1 aliphatic heterocycles. The van der Waals surface area contributed by atoms with Gasteiger partial charge in [0, 0.05) is 37.9 Å². The second-order valence-electron chi connectivity index (χ2n) is 5.03. The van der Waals surface area contributed by atoms with E-state index in [1.807, 2.05) is 6.92 Å². The van der Waals surface area contributed by atoms with Crippen LogP contribution in [0.5, 0.6) is 0 Å². The Morgan fingerprint density at radius 1 is 1.35 bits per heavy atom. The van der Waals surface area contributed by atoms with Gasteiger partial charge in [0.05, 0.1) is 5.54 Å². The molecule has 0 saturated carbocycles. The van der Waals surface area contributed by atoms with Gasteiger partial charge in [-0.05, 0) is 20.8 Å². The fourth-order valence-electron chi connectivity index (χ4n) is 2.24. The molecule has 0 aromatic carbocycles. The van der Waals surface area contributed by atoms with E-state index in [0.717, 1.165) is 37.7 Å². The predicted molar refractivity (Wildman–Crippen MR) is 67.1 cm³/mol. The molecule has 2 N–H and O–H groups in total. The quantitative estimate of drug-likeness (QED) is 0.771. The van der Waals surface area contributed by atoms with Crippen LogP contribution in [-0.2, 0) is 5.54 Å². The van der Waals surface area contributed by atoms with Crippen LogP contribution >= 0.6 is 0 Å². The number of rotatable bonds is 2. The smallest absolute Gasteiger partial charge is 0.251 e. The Kier molecular flexibility index (Phi) is 3.31. The lowest BCUT2D eigenvalue weighted by Crippen LogP contribution is -2.52. The maximum atomic E-state index is 11.5. The molecule has 1 aromatic rings. The van der Waals surface area contributed by atoms with Crippen molar-refractivity contribution in [3.8, 4) is 0 Å². The summed E-state index contributed by atoms with van der Waals surface area (Å²) in [5.74, 6) is 0.754. The standard InChI is InChI=1S/C12H20N4O/c1-9-8-10(17)15-11(14-9)12(2,3)16-6-4-13-5-7-16/h8,13H,4-7H2,1-3H3,(H,14,15,17). The van der Waals surface area contributed by atoms with Gasteiger partial charge in [-0.25, -0.2) is 4.98 Å². The molecule has 0 bridgehead atoms. The number of piperazine rings is 1. The average molecular weight is 236 g/mol. The zero-order chi connectivity index (χ0) is 12.5. The van der Waals surface area contributed by atoms with E-state index < -0.39 is 0 Å². The Morgan fingerprint density at radius 2 is 2.00 bits per heavy atom. The summed E-state index contributed by atoms with van der Waals surface area (Å²) in [6.07, 6.45) is 0. The maximum Gasteiger partial charge on any atom is 0.251 e. The van der Waals surface area contributed by atoms with Gasteiger partial charge < -0.3 is 10.3 Å². The molecule has 94 valence electrons. The fraction of sp³-hybridized carbons (Fsp3) is 0.667. The van der Waals surface area contributed by atoms with Crippen LogP contribution in [0.4, 0.5) is 0 Å². The molecule has 0 amide bonds. The van der Waals surface area contributed by atoms with E-state index in [1.54, 1.807) is 0 Å². The van der Waals surface area contributed by atoms with Crippen LogP contribution < -0.4 is 10.9 Å². The van der Waals surface area contributed by atoms with Gasteiger partial charge in [0.15, 0.2) is 0 Å². The predicted octanol–water partition coefficient (Wildman–Crippen LogP) is 0.219. The number of hydrogen-bond acceptors (Lipinski definition) is 4. The average Bonchev–Trinajstić information content (AvgIpc) is 2.29. The van der Waals surface area contributed by atoms with Crippen molar-refractivity contribution in [1.29, 1.82) is 0 Å². The van der Waals surface area contributed by atoms with Crippen molar-refractivity contribution in [1.82, 2.24) is 20.2 Å². The largest absolute Gasteiger partial charge is 0.314 e. The van der Waals surface area contributed by atoms with Gasteiger partial charge in [-0.2, -0.15) is 0 Å². The first-order valence-corrected chi connectivity index (χ1v) is 6.04. The first-order chi connectivity index (χ1) is 8.00. The number of nitrogens with zero attached hydrogens (tertiary/aromatic N) is 2. The Labute approximate surface area is 101 Å². The summed E-state index contributed by atoms with van der Waals surface area (Å²) in [6.45, 7) is 9.99. The van der Waals surface area contributed by atoms with Crippen molar-refractivity contribution >= 4 is 0 Å². The number of aromatic amines is 1. The molecule has 2 heterocycles. The van der Waals surface area contributed by atoms with Gasteiger partial charge in [-0.3, -0.25) is 9.69 Å². The van der Waals surface area contributed by atoms with Gasteiger partial charge in [0.25, 0.3) is 5.56 Å². The summed E-state index contributed by atoms with van der Waals surface area (Å²) in [6, 6.07) is 1.53. The Balaban J connectivity index is 2.32. The third kappa shape index (κ3) is 2.56. The molecule has 0 unspecified atom stereocenters. The second-order valence-corrected chi connectivity index (χ2v) is 5.03. The van der Waals surface area contributed by atoms with Crippen LogP contribution in [0, 0.1) is 6.92 Å². The van der Waals surface area contributed by atoms with E-state index in [4.69, 9.17) is 0 Å². The summed E-state index contributed by atoms with van der Waals surface area (Å²) in [7, 11) is 0. The number of H-pyrrole nitrogens is 1. The lowest BCUT2D eigenvalue weighted by atomic mass is 10.0. The molecule has 1 fully saturated rings. The number of aromatic nitrogens is 2. The minimum atomic E-state index is -0.229. The lowest BCUT2D eigenvalue weighted by Gasteiger charge is -2.40. The molecule has 5 heteroatoms. The first kappa shape index (κ1) is 12.3. The molecule has 0 spiro atoms. The summed E-state index contributed by atoms with van der Waals surface area (Å²) >= 11 is 0. The van der Waals surface area contributed by atoms with E-state index >= 15 is 0 Å². The summed E-state index contributed by atoms with van der Waals surface area (Å²) in [5, 5.41) is 3.33. The van der Waals surface area contributed by atoms with Crippen molar-refractivity contribution in [2.75, 3.05) is 26.2 Å². The summed E-state index contributed by atoms with van der Waals surface area (Å²) in [4.78, 5) is 21.2. The van der Waals surface area contributed by atoms with Crippen LogP contribution in [0.2, 0.25) is 0 Å².